The molecule has 0 radical (unpaired) electrons. The summed E-state index contributed by atoms with van der Waals surface area (Å²) in [4.78, 5) is 24.4. The fourth-order valence-electron chi connectivity index (χ4n) is 1.71. The third kappa shape index (κ3) is 3.34. The van der Waals surface area contributed by atoms with E-state index in [9.17, 15) is 9.59 Å². The monoisotopic (exact) mass is 239 g/mol. The van der Waals surface area contributed by atoms with Crippen LogP contribution in [0.25, 0.3) is 0 Å². The van der Waals surface area contributed by atoms with Gasteiger partial charge in [0.1, 0.15) is 6.61 Å². The van der Waals surface area contributed by atoms with E-state index in [-0.39, 0.29) is 6.04 Å². The highest BCUT2D eigenvalue weighted by Gasteiger charge is 2.29. The molecule has 5 heteroatoms. The zero-order chi connectivity index (χ0) is 12.8. The van der Waals surface area contributed by atoms with E-state index in [1.54, 1.807) is 12.2 Å². The highest BCUT2D eigenvalue weighted by Crippen LogP contribution is 2.17. The van der Waals surface area contributed by atoms with Crippen molar-refractivity contribution in [1.29, 1.82) is 0 Å². The Kier molecular flexibility index (Phi) is 4.75. The summed E-state index contributed by atoms with van der Waals surface area (Å²) < 4.78 is 9.88. The first-order chi connectivity index (χ1) is 8.10. The average molecular weight is 239 g/mol. The third-order valence-electron chi connectivity index (χ3n) is 2.57. The van der Waals surface area contributed by atoms with Crippen LogP contribution in [-0.2, 0) is 19.1 Å². The Balaban J connectivity index is 2.76. The molecule has 5 nitrogen and oxygen atoms in total. The lowest BCUT2D eigenvalue weighted by Gasteiger charge is -2.24. The number of ether oxygens (including phenoxy) is 2. The van der Waals surface area contributed by atoms with Crippen molar-refractivity contribution >= 4 is 11.9 Å². The topological polar surface area (TPSA) is 55.8 Å². The quantitative estimate of drug-likeness (QED) is 0.503. The fourth-order valence-corrected chi connectivity index (χ4v) is 1.71. The van der Waals surface area contributed by atoms with Gasteiger partial charge in [0.15, 0.2) is 0 Å². The number of allylic oxidation sites excluding steroid dienone is 2. The molecule has 1 atom stereocenters. The Morgan fingerprint density at radius 2 is 2.29 bits per heavy atom. The molecule has 17 heavy (non-hydrogen) atoms. The first-order valence-electron chi connectivity index (χ1n) is 5.43. The molecule has 0 bridgehead atoms. The van der Waals surface area contributed by atoms with Gasteiger partial charge >= 0.3 is 11.9 Å². The molecular formula is C12H17NO4. The second-order valence-electron chi connectivity index (χ2n) is 3.76. The van der Waals surface area contributed by atoms with Gasteiger partial charge < -0.3 is 14.4 Å². The SMILES string of the molecule is C=C/C=C1\CC(C)N(C(=O)C(=O)OC)CCO1. The molecule has 1 unspecified atom stereocenters. The molecule has 1 saturated heterocycles. The summed E-state index contributed by atoms with van der Waals surface area (Å²) >= 11 is 0. The third-order valence-corrected chi connectivity index (χ3v) is 2.57. The van der Waals surface area contributed by atoms with Crippen molar-refractivity contribution in [1.82, 2.24) is 4.90 Å². The summed E-state index contributed by atoms with van der Waals surface area (Å²) in [5.74, 6) is -0.691. The van der Waals surface area contributed by atoms with Crippen LogP contribution in [0.5, 0.6) is 0 Å². The minimum Gasteiger partial charge on any atom is -0.496 e. The van der Waals surface area contributed by atoms with Gasteiger partial charge in [-0.3, -0.25) is 4.79 Å². The van der Waals surface area contributed by atoms with E-state index >= 15 is 0 Å². The van der Waals surface area contributed by atoms with Crippen LogP contribution >= 0.6 is 0 Å². The summed E-state index contributed by atoms with van der Waals surface area (Å²) in [5.41, 5.74) is 0. The molecule has 1 aliphatic rings. The minimum atomic E-state index is -0.840. The number of carbonyl (C=O) groups excluding carboxylic acids is 2. The molecule has 1 rings (SSSR count). The smallest absolute Gasteiger partial charge is 0.396 e. The molecule has 94 valence electrons. The van der Waals surface area contributed by atoms with E-state index < -0.39 is 11.9 Å². The second-order valence-corrected chi connectivity index (χ2v) is 3.76. The predicted molar refractivity (Wildman–Crippen MR) is 62.0 cm³/mol. The van der Waals surface area contributed by atoms with Gasteiger partial charge in [-0.25, -0.2) is 4.79 Å². The lowest BCUT2D eigenvalue weighted by atomic mass is 10.1. The van der Waals surface area contributed by atoms with Crippen LogP contribution in [0.1, 0.15) is 13.3 Å². The maximum Gasteiger partial charge on any atom is 0.396 e. The van der Waals surface area contributed by atoms with Gasteiger partial charge in [0, 0.05) is 12.5 Å². The minimum absolute atomic E-state index is 0.102. The normalized spacial score (nSPS) is 22.6. The molecule has 1 fully saturated rings. The fraction of sp³-hybridized carbons (Fsp3) is 0.500. The molecule has 0 aromatic heterocycles. The van der Waals surface area contributed by atoms with Gasteiger partial charge in [-0.15, -0.1) is 0 Å². The number of esters is 1. The van der Waals surface area contributed by atoms with Crippen LogP contribution in [-0.4, -0.2) is 43.1 Å². The van der Waals surface area contributed by atoms with E-state index in [0.29, 0.717) is 19.6 Å². The summed E-state index contributed by atoms with van der Waals surface area (Å²) in [6.07, 6.45) is 3.97. The summed E-state index contributed by atoms with van der Waals surface area (Å²) in [6.45, 7) is 6.21. The standard InChI is InChI=1S/C12H17NO4/c1-4-5-10-8-9(2)13(6-7-17-10)11(14)12(15)16-3/h4-5,9H,1,6-8H2,2-3H3/b10-5+. The number of methoxy groups -OCH3 is 1. The number of rotatable bonds is 1. The van der Waals surface area contributed by atoms with Crippen molar-refractivity contribution in [2.24, 2.45) is 0 Å². The first kappa shape index (κ1) is 13.3. The molecule has 1 heterocycles. The van der Waals surface area contributed by atoms with Gasteiger partial charge in [0.05, 0.1) is 19.4 Å². The van der Waals surface area contributed by atoms with Crippen molar-refractivity contribution in [2.45, 2.75) is 19.4 Å². The van der Waals surface area contributed by atoms with Crippen molar-refractivity contribution < 1.29 is 19.1 Å². The highest BCUT2D eigenvalue weighted by molar-refractivity contribution is 6.32. The van der Waals surface area contributed by atoms with Crippen molar-refractivity contribution in [2.75, 3.05) is 20.3 Å². The predicted octanol–water partition coefficient (Wildman–Crippen LogP) is 0.867. The van der Waals surface area contributed by atoms with E-state index in [0.717, 1.165) is 5.76 Å². The summed E-state index contributed by atoms with van der Waals surface area (Å²) in [5, 5.41) is 0. The number of carbonyl (C=O) groups is 2. The maximum atomic E-state index is 11.7. The van der Waals surface area contributed by atoms with Crippen LogP contribution in [0, 0.1) is 0 Å². The van der Waals surface area contributed by atoms with Crippen LogP contribution in [0.2, 0.25) is 0 Å². The number of hydrogen-bond donors (Lipinski definition) is 0. The van der Waals surface area contributed by atoms with Gasteiger partial charge in [-0.1, -0.05) is 12.7 Å². The zero-order valence-corrected chi connectivity index (χ0v) is 10.1. The second kappa shape index (κ2) is 6.08. The zero-order valence-electron chi connectivity index (χ0n) is 10.1. The molecule has 0 saturated carbocycles. The van der Waals surface area contributed by atoms with Crippen molar-refractivity contribution in [3.8, 4) is 0 Å². The largest absolute Gasteiger partial charge is 0.496 e. The number of amides is 1. The van der Waals surface area contributed by atoms with Gasteiger partial charge in [-0.2, -0.15) is 0 Å². The first-order valence-corrected chi connectivity index (χ1v) is 5.43. The molecule has 0 aliphatic carbocycles. The Bertz CT molecular complexity index is 348. The molecule has 0 aromatic rings. The van der Waals surface area contributed by atoms with E-state index in [4.69, 9.17) is 4.74 Å². The van der Waals surface area contributed by atoms with E-state index in [2.05, 4.69) is 11.3 Å². The lowest BCUT2D eigenvalue weighted by Crippen LogP contribution is -2.43. The van der Waals surface area contributed by atoms with Crippen LogP contribution < -0.4 is 0 Å². The molecule has 0 aromatic carbocycles. The number of hydrogen-bond acceptors (Lipinski definition) is 4. The highest BCUT2D eigenvalue weighted by atomic mass is 16.5. The van der Waals surface area contributed by atoms with Gasteiger partial charge in [0.2, 0.25) is 0 Å². The Morgan fingerprint density at radius 3 is 2.88 bits per heavy atom. The molecular weight excluding hydrogens is 222 g/mol. The molecule has 1 amide bonds. The summed E-state index contributed by atoms with van der Waals surface area (Å²) in [7, 11) is 1.20. The van der Waals surface area contributed by atoms with Gasteiger partial charge in [-0.05, 0) is 13.0 Å². The van der Waals surface area contributed by atoms with Crippen molar-refractivity contribution in [3.05, 3.63) is 24.5 Å². The molecule has 0 N–H and O–H groups in total. The van der Waals surface area contributed by atoms with E-state index in [1.165, 1.54) is 12.0 Å². The van der Waals surface area contributed by atoms with Crippen LogP contribution in [0.15, 0.2) is 24.5 Å². The Morgan fingerprint density at radius 1 is 1.59 bits per heavy atom. The molecule has 0 spiro atoms. The van der Waals surface area contributed by atoms with E-state index in [1.807, 2.05) is 6.92 Å². The van der Waals surface area contributed by atoms with Crippen LogP contribution in [0.4, 0.5) is 0 Å². The average Bonchev–Trinajstić information content (AvgIpc) is 2.49. The van der Waals surface area contributed by atoms with Crippen molar-refractivity contribution in [3.63, 3.8) is 0 Å². The Hall–Kier alpha value is -1.78. The van der Waals surface area contributed by atoms with Crippen LogP contribution in [0.3, 0.4) is 0 Å². The molecule has 1 aliphatic heterocycles. The Labute approximate surface area is 101 Å². The summed E-state index contributed by atoms with van der Waals surface area (Å²) in [6, 6.07) is -0.102. The number of nitrogens with zero attached hydrogens (tertiary/aromatic N) is 1. The lowest BCUT2D eigenvalue weighted by molar-refractivity contribution is -0.159. The maximum absolute atomic E-state index is 11.7. The van der Waals surface area contributed by atoms with Gasteiger partial charge in [0.25, 0.3) is 0 Å².